The number of nitrogens with zero attached hydrogens (tertiary/aromatic N) is 2. The fourth-order valence-corrected chi connectivity index (χ4v) is 2.21. The summed E-state index contributed by atoms with van der Waals surface area (Å²) in [5.41, 5.74) is 0.546. The molecule has 2 aromatic rings. The molecule has 1 aromatic heterocycles. The SMILES string of the molecule is Fc1ccc(-c2nc(I)ns2)cc1F. The van der Waals surface area contributed by atoms with Crippen molar-refractivity contribution in [2.75, 3.05) is 0 Å². The number of hydrogen-bond donors (Lipinski definition) is 0. The van der Waals surface area contributed by atoms with Gasteiger partial charge in [0.05, 0.1) is 0 Å². The van der Waals surface area contributed by atoms with Gasteiger partial charge in [-0.3, -0.25) is 0 Å². The largest absolute Gasteiger partial charge is 0.210 e. The lowest BCUT2D eigenvalue weighted by Gasteiger charge is -1.95. The maximum atomic E-state index is 12.9. The van der Waals surface area contributed by atoms with Gasteiger partial charge in [-0.15, -0.1) is 0 Å². The van der Waals surface area contributed by atoms with Gasteiger partial charge in [0, 0.05) is 28.2 Å². The monoisotopic (exact) mass is 324 g/mol. The molecule has 0 spiro atoms. The first-order valence-electron chi connectivity index (χ1n) is 3.61. The minimum Gasteiger partial charge on any atom is -0.210 e. The third-order valence-corrected chi connectivity index (χ3v) is 3.14. The molecule has 0 saturated heterocycles. The average molecular weight is 324 g/mol. The molecule has 0 fully saturated rings. The first kappa shape index (κ1) is 9.91. The molecular weight excluding hydrogens is 321 g/mol. The highest BCUT2D eigenvalue weighted by Crippen LogP contribution is 2.23. The summed E-state index contributed by atoms with van der Waals surface area (Å²) in [7, 11) is 0. The van der Waals surface area contributed by atoms with E-state index >= 15 is 0 Å². The van der Waals surface area contributed by atoms with Crippen LogP contribution in [-0.4, -0.2) is 9.36 Å². The highest BCUT2D eigenvalue weighted by Gasteiger charge is 2.08. The summed E-state index contributed by atoms with van der Waals surface area (Å²) in [5.74, 6) is -1.72. The molecule has 0 unspecified atom stereocenters. The summed E-state index contributed by atoms with van der Waals surface area (Å²) in [6.07, 6.45) is 0. The summed E-state index contributed by atoms with van der Waals surface area (Å²) in [5, 5.41) is 0.591. The molecule has 72 valence electrons. The first-order valence-corrected chi connectivity index (χ1v) is 5.46. The van der Waals surface area contributed by atoms with Crippen molar-refractivity contribution in [1.29, 1.82) is 0 Å². The van der Waals surface area contributed by atoms with Crippen molar-refractivity contribution in [3.63, 3.8) is 0 Å². The lowest BCUT2D eigenvalue weighted by Crippen LogP contribution is -1.84. The van der Waals surface area contributed by atoms with Crippen LogP contribution in [0, 0.1) is 15.5 Å². The summed E-state index contributed by atoms with van der Waals surface area (Å²) in [6.45, 7) is 0. The van der Waals surface area contributed by atoms with E-state index in [0.717, 1.165) is 23.7 Å². The topological polar surface area (TPSA) is 25.8 Å². The Morgan fingerprint density at radius 3 is 2.57 bits per heavy atom. The van der Waals surface area contributed by atoms with Gasteiger partial charge in [0.15, 0.2) is 11.6 Å². The normalized spacial score (nSPS) is 10.5. The van der Waals surface area contributed by atoms with E-state index in [1.807, 2.05) is 22.6 Å². The maximum Gasteiger partial charge on any atom is 0.203 e. The molecule has 0 aliphatic carbocycles. The van der Waals surface area contributed by atoms with Gasteiger partial charge < -0.3 is 0 Å². The zero-order chi connectivity index (χ0) is 10.1. The van der Waals surface area contributed by atoms with E-state index in [4.69, 9.17) is 0 Å². The van der Waals surface area contributed by atoms with E-state index in [9.17, 15) is 8.78 Å². The fourth-order valence-electron chi connectivity index (χ4n) is 0.952. The Hall–Kier alpha value is -0.630. The molecule has 0 amide bonds. The molecule has 0 atom stereocenters. The lowest BCUT2D eigenvalue weighted by molar-refractivity contribution is 0.509. The number of benzene rings is 1. The van der Waals surface area contributed by atoms with Gasteiger partial charge in [-0.2, -0.15) is 4.37 Å². The van der Waals surface area contributed by atoms with E-state index in [1.165, 1.54) is 6.07 Å². The van der Waals surface area contributed by atoms with Crippen LogP contribution < -0.4 is 0 Å². The quantitative estimate of drug-likeness (QED) is 0.754. The standard InChI is InChI=1S/C8H3F2IN2S/c9-5-2-1-4(3-6(5)10)7-12-8(11)13-14-7/h1-3H. The smallest absolute Gasteiger partial charge is 0.203 e. The molecule has 0 bridgehead atoms. The van der Waals surface area contributed by atoms with Crippen molar-refractivity contribution in [2.24, 2.45) is 0 Å². The minimum absolute atomic E-state index is 0.546. The predicted molar refractivity (Wildman–Crippen MR) is 58.0 cm³/mol. The van der Waals surface area contributed by atoms with Crippen LogP contribution in [-0.2, 0) is 0 Å². The van der Waals surface area contributed by atoms with Gasteiger partial charge in [-0.25, -0.2) is 13.8 Å². The molecule has 14 heavy (non-hydrogen) atoms. The van der Waals surface area contributed by atoms with Gasteiger partial charge in [0.2, 0.25) is 3.83 Å². The van der Waals surface area contributed by atoms with E-state index < -0.39 is 11.6 Å². The van der Waals surface area contributed by atoms with Crippen LogP contribution in [0.25, 0.3) is 10.6 Å². The number of aromatic nitrogens is 2. The van der Waals surface area contributed by atoms with Crippen LogP contribution in [0.15, 0.2) is 18.2 Å². The zero-order valence-electron chi connectivity index (χ0n) is 6.67. The van der Waals surface area contributed by atoms with Crippen molar-refractivity contribution < 1.29 is 8.78 Å². The van der Waals surface area contributed by atoms with Gasteiger partial charge >= 0.3 is 0 Å². The molecule has 0 radical (unpaired) electrons. The lowest BCUT2D eigenvalue weighted by atomic mass is 10.2. The second-order valence-corrected chi connectivity index (χ2v) is 4.21. The molecule has 0 aliphatic heterocycles. The van der Waals surface area contributed by atoms with Crippen LogP contribution in [0.2, 0.25) is 0 Å². The third-order valence-electron chi connectivity index (χ3n) is 1.57. The van der Waals surface area contributed by atoms with Crippen LogP contribution in [0.4, 0.5) is 8.78 Å². The Morgan fingerprint density at radius 1 is 1.21 bits per heavy atom. The Bertz CT molecular complexity index is 472. The minimum atomic E-state index is -0.868. The van der Waals surface area contributed by atoms with E-state index in [0.29, 0.717) is 14.4 Å². The average Bonchev–Trinajstić information content (AvgIpc) is 2.57. The first-order chi connectivity index (χ1) is 6.66. The van der Waals surface area contributed by atoms with Crippen LogP contribution >= 0.6 is 34.1 Å². The van der Waals surface area contributed by atoms with Gasteiger partial charge in [0.1, 0.15) is 5.01 Å². The Balaban J connectivity index is 2.47. The van der Waals surface area contributed by atoms with Gasteiger partial charge in [0.25, 0.3) is 0 Å². The second kappa shape index (κ2) is 3.85. The van der Waals surface area contributed by atoms with Crippen LogP contribution in [0.1, 0.15) is 0 Å². The van der Waals surface area contributed by atoms with Crippen molar-refractivity contribution in [1.82, 2.24) is 9.36 Å². The molecule has 6 heteroatoms. The molecule has 1 aromatic carbocycles. The summed E-state index contributed by atoms with van der Waals surface area (Å²) in [4.78, 5) is 4.06. The molecular formula is C8H3F2IN2S. The Labute approximate surface area is 96.3 Å². The van der Waals surface area contributed by atoms with Crippen molar-refractivity contribution in [3.05, 3.63) is 33.7 Å². The van der Waals surface area contributed by atoms with Crippen LogP contribution in [0.5, 0.6) is 0 Å². The van der Waals surface area contributed by atoms with Crippen molar-refractivity contribution in [3.8, 4) is 10.6 Å². The molecule has 0 N–H and O–H groups in total. The van der Waals surface area contributed by atoms with Gasteiger partial charge in [-0.1, -0.05) is 0 Å². The van der Waals surface area contributed by atoms with E-state index in [2.05, 4.69) is 9.36 Å². The van der Waals surface area contributed by atoms with Crippen LogP contribution in [0.3, 0.4) is 0 Å². The summed E-state index contributed by atoms with van der Waals surface area (Å²) >= 11 is 3.12. The Morgan fingerprint density at radius 2 is 2.00 bits per heavy atom. The molecule has 2 nitrogen and oxygen atoms in total. The molecule has 2 rings (SSSR count). The predicted octanol–water partition coefficient (Wildman–Crippen LogP) is 3.09. The number of hydrogen-bond acceptors (Lipinski definition) is 3. The highest BCUT2D eigenvalue weighted by atomic mass is 127. The molecule has 0 aliphatic rings. The maximum absolute atomic E-state index is 12.9. The molecule has 0 saturated carbocycles. The van der Waals surface area contributed by atoms with Crippen molar-refractivity contribution >= 4 is 34.1 Å². The van der Waals surface area contributed by atoms with E-state index in [-0.39, 0.29) is 0 Å². The van der Waals surface area contributed by atoms with E-state index in [1.54, 1.807) is 0 Å². The number of rotatable bonds is 1. The summed E-state index contributed by atoms with van der Waals surface area (Å²) < 4.78 is 30.0. The summed E-state index contributed by atoms with van der Waals surface area (Å²) in [6, 6.07) is 3.68. The number of halogens is 3. The molecule has 1 heterocycles. The third kappa shape index (κ3) is 1.90. The Kier molecular flexibility index (Phi) is 2.73. The second-order valence-electron chi connectivity index (χ2n) is 2.50. The highest BCUT2D eigenvalue weighted by molar-refractivity contribution is 14.1. The fraction of sp³-hybridized carbons (Fsp3) is 0. The van der Waals surface area contributed by atoms with Crippen molar-refractivity contribution in [2.45, 2.75) is 0 Å². The zero-order valence-corrected chi connectivity index (χ0v) is 9.64. The van der Waals surface area contributed by atoms with Gasteiger partial charge in [-0.05, 0) is 29.7 Å².